The van der Waals surface area contributed by atoms with Crippen LogP contribution >= 0.6 is 0 Å². The van der Waals surface area contributed by atoms with E-state index in [-0.39, 0.29) is 6.47 Å². The van der Waals surface area contributed by atoms with Crippen molar-refractivity contribution in [2.75, 3.05) is 6.54 Å². The highest BCUT2D eigenvalue weighted by molar-refractivity contribution is 5.88. The molecule has 2 aromatic rings. The zero-order chi connectivity index (χ0) is 20.2. The summed E-state index contributed by atoms with van der Waals surface area (Å²) in [5, 5.41) is 19.6. The van der Waals surface area contributed by atoms with E-state index in [9.17, 15) is 14.7 Å². The molecule has 0 unspecified atom stereocenters. The number of unbranched alkanes of at least 4 members (excludes halogenated alkanes) is 1. The molecule has 0 aliphatic heterocycles. The zero-order valence-electron chi connectivity index (χ0n) is 14.9. The molecule has 0 saturated heterocycles. The number of benzene rings is 1. The summed E-state index contributed by atoms with van der Waals surface area (Å²) in [5.74, 6) is -1.51. The smallest absolute Gasteiger partial charge is 0.326 e. The maximum absolute atomic E-state index is 12.2. The van der Waals surface area contributed by atoms with Gasteiger partial charge in [-0.15, -0.1) is 0 Å². The van der Waals surface area contributed by atoms with Gasteiger partial charge in [-0.25, -0.2) is 4.79 Å². The molecule has 9 nitrogen and oxygen atoms in total. The number of aromatic nitrogens is 1. The number of amides is 1. The topological polar surface area (TPSA) is 172 Å². The molecule has 1 aromatic carbocycles. The summed E-state index contributed by atoms with van der Waals surface area (Å²) in [6, 6.07) is 6.01. The number of carboxylic acids is 1. The molecule has 9 heteroatoms. The number of hydrogen-bond donors (Lipinski definition) is 6. The van der Waals surface area contributed by atoms with Crippen molar-refractivity contribution in [2.45, 2.75) is 37.8 Å². The van der Waals surface area contributed by atoms with E-state index < -0.39 is 24.0 Å². The van der Waals surface area contributed by atoms with Gasteiger partial charge in [0, 0.05) is 17.1 Å². The van der Waals surface area contributed by atoms with Crippen LogP contribution in [0.1, 0.15) is 24.8 Å². The lowest BCUT2D eigenvalue weighted by Gasteiger charge is -2.17. The van der Waals surface area contributed by atoms with Gasteiger partial charge in [-0.05, 0) is 43.9 Å². The fourth-order valence-corrected chi connectivity index (χ4v) is 2.66. The lowest BCUT2D eigenvalue weighted by Crippen LogP contribution is -2.49. The van der Waals surface area contributed by atoms with Crippen molar-refractivity contribution >= 4 is 29.3 Å². The van der Waals surface area contributed by atoms with Crippen LogP contribution < -0.4 is 16.8 Å². The molecule has 0 saturated carbocycles. The summed E-state index contributed by atoms with van der Waals surface area (Å²) in [6.07, 6.45) is 3.88. The van der Waals surface area contributed by atoms with Gasteiger partial charge in [0.1, 0.15) is 6.04 Å². The Morgan fingerprint density at radius 2 is 1.93 bits per heavy atom. The zero-order valence-corrected chi connectivity index (χ0v) is 14.9. The number of H-pyrrole nitrogens is 1. The number of aliphatic carboxylic acids is 1. The van der Waals surface area contributed by atoms with Gasteiger partial charge in [0.15, 0.2) is 0 Å². The van der Waals surface area contributed by atoms with Crippen molar-refractivity contribution < 1.29 is 24.6 Å². The molecule has 0 aliphatic rings. The summed E-state index contributed by atoms with van der Waals surface area (Å²) in [6.45, 7) is 0.250. The number of nitrogens with one attached hydrogen (secondary N) is 2. The lowest BCUT2D eigenvalue weighted by molar-refractivity contribution is -0.142. The molecule has 148 valence electrons. The fourth-order valence-electron chi connectivity index (χ4n) is 2.66. The number of carbonyl (C=O) groups excluding carboxylic acids is 1. The molecule has 0 bridgehead atoms. The van der Waals surface area contributed by atoms with Crippen molar-refractivity contribution in [1.82, 2.24) is 10.3 Å². The van der Waals surface area contributed by atoms with Crippen LogP contribution in [-0.4, -0.2) is 52.2 Å². The molecule has 2 rings (SSSR count). The molecular formula is C18H26N4O5. The van der Waals surface area contributed by atoms with Crippen LogP contribution in [0, 0.1) is 0 Å². The first-order valence-electron chi connectivity index (χ1n) is 8.56. The monoisotopic (exact) mass is 378 g/mol. The van der Waals surface area contributed by atoms with Crippen LogP contribution in [0.4, 0.5) is 0 Å². The van der Waals surface area contributed by atoms with Gasteiger partial charge in [-0.3, -0.25) is 9.59 Å². The number of carboxylic acid groups (broad SMARTS) is 2. The van der Waals surface area contributed by atoms with Gasteiger partial charge in [0.2, 0.25) is 5.91 Å². The standard InChI is InChI=1S/C17H24N4O3.CH2O2/c18-8-4-3-7-15(17(23)24)21-16(22)13(19)9-11-10-20-14-6-2-1-5-12(11)14;2-1-3/h1-2,5-6,10,13,15,20H,3-4,7-9,18-19H2,(H,21,22)(H,23,24);1H,(H,2,3)/t13-,15-;/m0./s1. The molecule has 27 heavy (non-hydrogen) atoms. The third-order valence-corrected chi connectivity index (χ3v) is 4.01. The second-order valence-corrected chi connectivity index (χ2v) is 5.96. The summed E-state index contributed by atoms with van der Waals surface area (Å²) in [7, 11) is 0. The molecule has 1 heterocycles. The van der Waals surface area contributed by atoms with E-state index >= 15 is 0 Å². The summed E-state index contributed by atoms with van der Waals surface area (Å²) >= 11 is 0. The van der Waals surface area contributed by atoms with E-state index in [1.165, 1.54) is 0 Å². The number of nitrogens with two attached hydrogens (primary N) is 2. The Kier molecular flexibility index (Phi) is 9.55. The molecule has 0 fully saturated rings. The van der Waals surface area contributed by atoms with E-state index in [1.54, 1.807) is 0 Å². The van der Waals surface area contributed by atoms with Crippen LogP contribution in [0.5, 0.6) is 0 Å². The van der Waals surface area contributed by atoms with Gasteiger partial charge < -0.3 is 32.0 Å². The average Bonchev–Trinajstić information content (AvgIpc) is 3.04. The maximum Gasteiger partial charge on any atom is 0.326 e. The number of carbonyl (C=O) groups is 3. The molecule has 1 amide bonds. The highest BCUT2D eigenvalue weighted by Crippen LogP contribution is 2.18. The minimum absolute atomic E-state index is 0.250. The van der Waals surface area contributed by atoms with Crippen LogP contribution in [0.2, 0.25) is 0 Å². The Labute approximate surface area is 156 Å². The third-order valence-electron chi connectivity index (χ3n) is 4.01. The van der Waals surface area contributed by atoms with Crippen molar-refractivity contribution in [3.8, 4) is 0 Å². The summed E-state index contributed by atoms with van der Waals surface area (Å²) < 4.78 is 0. The molecule has 2 atom stereocenters. The van der Waals surface area contributed by atoms with Crippen molar-refractivity contribution in [2.24, 2.45) is 11.5 Å². The van der Waals surface area contributed by atoms with Crippen LogP contribution in [0.15, 0.2) is 30.5 Å². The Morgan fingerprint density at radius 1 is 1.26 bits per heavy atom. The van der Waals surface area contributed by atoms with Crippen molar-refractivity contribution in [3.63, 3.8) is 0 Å². The minimum atomic E-state index is -1.06. The highest BCUT2D eigenvalue weighted by atomic mass is 16.4. The number of hydrogen-bond acceptors (Lipinski definition) is 5. The molecule has 0 aliphatic carbocycles. The molecule has 1 aromatic heterocycles. The van der Waals surface area contributed by atoms with Gasteiger partial charge in [-0.2, -0.15) is 0 Å². The number of rotatable bonds is 9. The lowest BCUT2D eigenvalue weighted by atomic mass is 10.0. The van der Waals surface area contributed by atoms with Gasteiger partial charge >= 0.3 is 5.97 Å². The minimum Gasteiger partial charge on any atom is -0.483 e. The molecule has 0 radical (unpaired) electrons. The van der Waals surface area contributed by atoms with E-state index in [0.717, 1.165) is 22.9 Å². The average molecular weight is 378 g/mol. The summed E-state index contributed by atoms with van der Waals surface area (Å²) in [5.41, 5.74) is 13.3. The predicted octanol–water partition coefficient (Wildman–Crippen LogP) is 0.437. The van der Waals surface area contributed by atoms with E-state index in [1.807, 2.05) is 30.5 Å². The van der Waals surface area contributed by atoms with E-state index in [4.69, 9.17) is 21.4 Å². The normalized spacial score (nSPS) is 12.5. The first kappa shape index (κ1) is 22.1. The Bertz CT molecular complexity index is 746. The van der Waals surface area contributed by atoms with Crippen LogP contribution in [0.3, 0.4) is 0 Å². The highest BCUT2D eigenvalue weighted by Gasteiger charge is 2.23. The predicted molar refractivity (Wildman–Crippen MR) is 101 cm³/mol. The second-order valence-electron chi connectivity index (χ2n) is 5.96. The number of aromatic amines is 1. The van der Waals surface area contributed by atoms with Gasteiger partial charge in [-0.1, -0.05) is 18.2 Å². The first-order chi connectivity index (χ1) is 12.9. The van der Waals surface area contributed by atoms with Gasteiger partial charge in [0.05, 0.1) is 6.04 Å². The quantitative estimate of drug-likeness (QED) is 0.271. The Morgan fingerprint density at radius 3 is 2.56 bits per heavy atom. The first-order valence-corrected chi connectivity index (χ1v) is 8.56. The molecular weight excluding hydrogens is 352 g/mol. The molecule has 0 spiro atoms. The van der Waals surface area contributed by atoms with Crippen LogP contribution in [-0.2, 0) is 20.8 Å². The number of para-hydroxylation sites is 1. The van der Waals surface area contributed by atoms with E-state index in [0.29, 0.717) is 25.8 Å². The fraction of sp³-hybridized carbons (Fsp3) is 0.389. The SMILES string of the molecule is NCCCC[C@H](NC(=O)[C@@H](N)Cc1c[nH]c2ccccc12)C(=O)O.O=CO. The maximum atomic E-state index is 12.2. The van der Waals surface area contributed by atoms with Gasteiger partial charge in [0.25, 0.3) is 6.47 Å². The third kappa shape index (κ3) is 7.08. The number of fused-ring (bicyclic) bond motifs is 1. The molecule has 8 N–H and O–H groups in total. The van der Waals surface area contributed by atoms with E-state index in [2.05, 4.69) is 10.3 Å². The van der Waals surface area contributed by atoms with Crippen molar-refractivity contribution in [1.29, 1.82) is 0 Å². The second kappa shape index (κ2) is 11.7. The summed E-state index contributed by atoms with van der Waals surface area (Å²) in [4.78, 5) is 35.0. The van der Waals surface area contributed by atoms with Crippen molar-refractivity contribution in [3.05, 3.63) is 36.0 Å². The Balaban J connectivity index is 0.00000114. The largest absolute Gasteiger partial charge is 0.483 e. The Hall–Kier alpha value is -2.91. The van der Waals surface area contributed by atoms with Crippen LogP contribution in [0.25, 0.3) is 10.9 Å².